The average Bonchev–Trinajstić information content (AvgIpc) is 2.41. The lowest BCUT2D eigenvalue weighted by molar-refractivity contribution is 0.403. The molecule has 0 saturated carbocycles. The summed E-state index contributed by atoms with van der Waals surface area (Å²) < 4.78 is 0. The third kappa shape index (κ3) is 3.75. The van der Waals surface area contributed by atoms with Crippen molar-refractivity contribution in [2.24, 2.45) is 0 Å². The van der Waals surface area contributed by atoms with Crippen LogP contribution < -0.4 is 5.32 Å². The summed E-state index contributed by atoms with van der Waals surface area (Å²) in [4.78, 5) is 2.16. The molecule has 2 N–H and O–H groups in total. The third-order valence-corrected chi connectivity index (χ3v) is 3.27. The van der Waals surface area contributed by atoms with E-state index in [-0.39, 0.29) is 6.04 Å². The summed E-state index contributed by atoms with van der Waals surface area (Å²) in [6.07, 6.45) is 0. The van der Waals surface area contributed by atoms with Crippen molar-refractivity contribution in [3.63, 3.8) is 0 Å². The van der Waals surface area contributed by atoms with Crippen molar-refractivity contribution in [3.8, 4) is 5.75 Å². The lowest BCUT2D eigenvalue weighted by atomic mass is 10.1. The minimum absolute atomic E-state index is 0.193. The van der Waals surface area contributed by atoms with Crippen LogP contribution in [0.1, 0.15) is 24.1 Å². The highest BCUT2D eigenvalue weighted by Gasteiger charge is 2.08. The van der Waals surface area contributed by atoms with Crippen LogP contribution in [0.2, 0.25) is 0 Å². The van der Waals surface area contributed by atoms with Gasteiger partial charge in [0.15, 0.2) is 0 Å². The van der Waals surface area contributed by atoms with E-state index in [0.29, 0.717) is 5.75 Å². The monoisotopic (exact) mass is 270 g/mol. The Morgan fingerprint density at radius 1 is 1.05 bits per heavy atom. The zero-order valence-electron chi connectivity index (χ0n) is 12.3. The van der Waals surface area contributed by atoms with Gasteiger partial charge < -0.3 is 15.3 Å². The Morgan fingerprint density at radius 3 is 2.35 bits per heavy atom. The van der Waals surface area contributed by atoms with Gasteiger partial charge >= 0.3 is 0 Å². The van der Waals surface area contributed by atoms with Crippen LogP contribution in [-0.2, 0) is 6.54 Å². The Labute approximate surface area is 120 Å². The molecule has 0 aromatic heterocycles. The largest absolute Gasteiger partial charge is 0.508 e. The minimum atomic E-state index is 0.193. The second kappa shape index (κ2) is 6.44. The molecular weight excluding hydrogens is 248 g/mol. The van der Waals surface area contributed by atoms with Gasteiger partial charge in [-0.25, -0.2) is 0 Å². The molecule has 0 amide bonds. The van der Waals surface area contributed by atoms with E-state index in [1.807, 2.05) is 18.2 Å². The molecule has 2 rings (SSSR count). The summed E-state index contributed by atoms with van der Waals surface area (Å²) in [6, 6.07) is 15.9. The Kier molecular flexibility index (Phi) is 4.64. The van der Waals surface area contributed by atoms with E-state index in [1.54, 1.807) is 12.1 Å². The van der Waals surface area contributed by atoms with Crippen LogP contribution in [0.3, 0.4) is 0 Å². The lowest BCUT2D eigenvalue weighted by Crippen LogP contribution is -2.14. The van der Waals surface area contributed by atoms with Crippen LogP contribution in [0.25, 0.3) is 0 Å². The molecule has 0 radical (unpaired) electrons. The standard InChI is InChI=1S/C17H22N2O/c1-13(14-8-10-16(20)11-9-14)18-17-7-5-4-6-15(17)12-19(2)3/h4-11,13,18,20H,12H2,1-3H3. The smallest absolute Gasteiger partial charge is 0.115 e. The Bertz CT molecular complexity index is 549. The number of benzene rings is 2. The molecule has 3 heteroatoms. The molecule has 20 heavy (non-hydrogen) atoms. The third-order valence-electron chi connectivity index (χ3n) is 3.27. The highest BCUT2D eigenvalue weighted by atomic mass is 16.3. The van der Waals surface area contributed by atoms with Crippen molar-refractivity contribution >= 4 is 5.69 Å². The first-order valence-electron chi connectivity index (χ1n) is 6.84. The van der Waals surface area contributed by atoms with Crippen molar-refractivity contribution < 1.29 is 5.11 Å². The molecule has 106 valence electrons. The van der Waals surface area contributed by atoms with E-state index in [0.717, 1.165) is 17.8 Å². The number of nitrogens with zero attached hydrogens (tertiary/aromatic N) is 1. The van der Waals surface area contributed by atoms with Crippen LogP contribution in [0.4, 0.5) is 5.69 Å². The predicted octanol–water partition coefficient (Wildman–Crippen LogP) is 3.63. The molecule has 0 saturated heterocycles. The fourth-order valence-corrected chi connectivity index (χ4v) is 2.22. The van der Waals surface area contributed by atoms with Crippen LogP contribution in [0.15, 0.2) is 48.5 Å². The van der Waals surface area contributed by atoms with Crippen molar-refractivity contribution in [1.29, 1.82) is 0 Å². The van der Waals surface area contributed by atoms with Crippen LogP contribution in [0.5, 0.6) is 5.75 Å². The second-order valence-electron chi connectivity index (χ2n) is 5.35. The first kappa shape index (κ1) is 14.4. The van der Waals surface area contributed by atoms with Gasteiger partial charge in [-0.2, -0.15) is 0 Å². The van der Waals surface area contributed by atoms with Crippen molar-refractivity contribution in [3.05, 3.63) is 59.7 Å². The molecule has 0 fully saturated rings. The van der Waals surface area contributed by atoms with E-state index in [9.17, 15) is 5.11 Å². The molecule has 0 aliphatic heterocycles. The predicted molar refractivity (Wildman–Crippen MR) is 84.0 cm³/mol. The van der Waals surface area contributed by atoms with Gasteiger partial charge in [0.2, 0.25) is 0 Å². The fourth-order valence-electron chi connectivity index (χ4n) is 2.22. The summed E-state index contributed by atoms with van der Waals surface area (Å²) in [7, 11) is 4.14. The van der Waals surface area contributed by atoms with Gasteiger partial charge in [0.05, 0.1) is 0 Å². The Balaban J connectivity index is 2.15. The van der Waals surface area contributed by atoms with Gasteiger partial charge in [0.25, 0.3) is 0 Å². The molecule has 0 aliphatic rings. The number of para-hydroxylation sites is 1. The first-order chi connectivity index (χ1) is 9.56. The van der Waals surface area contributed by atoms with Gasteiger partial charge in [-0.3, -0.25) is 0 Å². The maximum absolute atomic E-state index is 9.35. The maximum atomic E-state index is 9.35. The minimum Gasteiger partial charge on any atom is -0.508 e. The van der Waals surface area contributed by atoms with Gasteiger partial charge in [-0.1, -0.05) is 30.3 Å². The molecule has 0 heterocycles. The van der Waals surface area contributed by atoms with Crippen molar-refractivity contribution in [1.82, 2.24) is 4.90 Å². The van der Waals surface area contributed by atoms with Crippen molar-refractivity contribution in [2.75, 3.05) is 19.4 Å². The molecule has 0 aliphatic carbocycles. The van der Waals surface area contributed by atoms with Gasteiger partial charge in [-0.15, -0.1) is 0 Å². The molecule has 3 nitrogen and oxygen atoms in total. The summed E-state index contributed by atoms with van der Waals surface area (Å²) in [6.45, 7) is 3.03. The lowest BCUT2D eigenvalue weighted by Gasteiger charge is -2.20. The summed E-state index contributed by atoms with van der Waals surface area (Å²) in [5, 5.41) is 12.9. The molecular formula is C17H22N2O. The Hall–Kier alpha value is -2.00. The number of phenols is 1. The maximum Gasteiger partial charge on any atom is 0.115 e. The zero-order valence-corrected chi connectivity index (χ0v) is 12.3. The molecule has 2 aromatic carbocycles. The second-order valence-corrected chi connectivity index (χ2v) is 5.35. The summed E-state index contributed by atoms with van der Waals surface area (Å²) >= 11 is 0. The number of rotatable bonds is 5. The zero-order chi connectivity index (χ0) is 14.5. The highest BCUT2D eigenvalue weighted by Crippen LogP contribution is 2.24. The van der Waals surface area contributed by atoms with E-state index in [1.165, 1.54) is 5.56 Å². The van der Waals surface area contributed by atoms with Crippen molar-refractivity contribution in [2.45, 2.75) is 19.5 Å². The quantitative estimate of drug-likeness (QED) is 0.871. The number of nitrogens with one attached hydrogen (secondary N) is 1. The summed E-state index contributed by atoms with van der Waals surface area (Å²) in [5.41, 5.74) is 3.59. The Morgan fingerprint density at radius 2 is 1.70 bits per heavy atom. The van der Waals surface area contributed by atoms with E-state index < -0.39 is 0 Å². The number of hydrogen-bond acceptors (Lipinski definition) is 3. The normalized spacial score (nSPS) is 12.4. The van der Waals surface area contributed by atoms with Crippen LogP contribution in [0, 0.1) is 0 Å². The van der Waals surface area contributed by atoms with Gasteiger partial charge in [0, 0.05) is 18.3 Å². The molecule has 2 aromatic rings. The molecule has 0 bridgehead atoms. The number of phenolic OH excluding ortho intramolecular Hbond substituents is 1. The van der Waals surface area contributed by atoms with E-state index in [2.05, 4.69) is 49.4 Å². The summed E-state index contributed by atoms with van der Waals surface area (Å²) in [5.74, 6) is 0.300. The topological polar surface area (TPSA) is 35.5 Å². The van der Waals surface area contributed by atoms with E-state index >= 15 is 0 Å². The SMILES string of the molecule is CC(Nc1ccccc1CN(C)C)c1ccc(O)cc1. The number of aromatic hydroxyl groups is 1. The first-order valence-corrected chi connectivity index (χ1v) is 6.84. The molecule has 0 spiro atoms. The van der Waals surface area contributed by atoms with Crippen LogP contribution >= 0.6 is 0 Å². The molecule has 1 atom stereocenters. The fraction of sp³-hybridized carbons (Fsp3) is 0.294. The van der Waals surface area contributed by atoms with E-state index in [4.69, 9.17) is 0 Å². The number of hydrogen-bond donors (Lipinski definition) is 2. The van der Waals surface area contributed by atoms with Gasteiger partial charge in [-0.05, 0) is 50.3 Å². The molecule has 1 unspecified atom stereocenters. The number of anilines is 1. The highest BCUT2D eigenvalue weighted by molar-refractivity contribution is 5.52. The average molecular weight is 270 g/mol. The van der Waals surface area contributed by atoms with Crippen LogP contribution in [-0.4, -0.2) is 24.1 Å². The van der Waals surface area contributed by atoms with Gasteiger partial charge in [0.1, 0.15) is 5.75 Å².